The van der Waals surface area contributed by atoms with Gasteiger partial charge in [0.25, 0.3) is 0 Å². The Morgan fingerprint density at radius 2 is 2.43 bits per heavy atom. The Kier molecular flexibility index (Phi) is 3.23. The molecule has 0 fully saturated rings. The fourth-order valence-electron chi connectivity index (χ4n) is 1.03. The second kappa shape index (κ2) is 4.41. The van der Waals surface area contributed by atoms with Crippen LogP contribution in [0.15, 0.2) is 30.6 Å². The van der Waals surface area contributed by atoms with E-state index >= 15 is 0 Å². The lowest BCUT2D eigenvalue weighted by molar-refractivity contribution is -0.116. The van der Waals surface area contributed by atoms with Crippen molar-refractivity contribution in [3.63, 3.8) is 0 Å². The number of hydrogen-bond acceptors (Lipinski definition) is 4. The summed E-state index contributed by atoms with van der Waals surface area (Å²) < 4.78 is 0. The summed E-state index contributed by atoms with van der Waals surface area (Å²) >= 11 is 0. The summed E-state index contributed by atoms with van der Waals surface area (Å²) in [7, 11) is 0. The highest BCUT2D eigenvalue weighted by Crippen LogP contribution is 2.15. The van der Waals surface area contributed by atoms with E-state index in [-0.39, 0.29) is 12.2 Å². The average Bonchev–Trinajstić information content (AvgIpc) is 2.07. The monoisotopic (exact) mass is 191 g/mol. The van der Waals surface area contributed by atoms with Crippen molar-refractivity contribution in [1.29, 1.82) is 0 Å². The zero-order valence-electron chi connectivity index (χ0n) is 8.08. The van der Waals surface area contributed by atoms with E-state index in [9.17, 15) is 4.79 Å². The van der Waals surface area contributed by atoms with E-state index in [4.69, 9.17) is 5.73 Å². The molecule has 74 valence electrons. The minimum Gasteiger partial charge on any atom is -0.396 e. The molecule has 3 N–H and O–H groups in total. The molecule has 0 aliphatic heterocycles. The molecule has 1 heterocycles. The van der Waals surface area contributed by atoms with Crippen LogP contribution in [0.4, 0.5) is 11.5 Å². The van der Waals surface area contributed by atoms with Crippen LogP contribution in [0.1, 0.15) is 13.3 Å². The average molecular weight is 191 g/mol. The summed E-state index contributed by atoms with van der Waals surface area (Å²) in [5, 5.41) is 2.89. The molecule has 4 heteroatoms. The first-order valence-electron chi connectivity index (χ1n) is 4.24. The van der Waals surface area contributed by atoms with Gasteiger partial charge in [-0.2, -0.15) is 0 Å². The summed E-state index contributed by atoms with van der Waals surface area (Å²) in [6, 6.07) is 3.48. The lowest BCUT2D eigenvalue weighted by Crippen LogP contribution is -2.06. The molecule has 4 nitrogen and oxygen atoms in total. The van der Waals surface area contributed by atoms with Crippen LogP contribution >= 0.6 is 0 Å². The molecule has 0 bridgehead atoms. The molecular formula is C10H13N3O. The minimum absolute atomic E-state index is 0.0528. The van der Waals surface area contributed by atoms with Gasteiger partial charge in [-0.15, -0.1) is 0 Å². The Bertz CT molecular complexity index is 360. The maximum absolute atomic E-state index is 10.8. The topological polar surface area (TPSA) is 68.0 Å². The van der Waals surface area contributed by atoms with E-state index in [0.717, 1.165) is 0 Å². The van der Waals surface area contributed by atoms with Gasteiger partial charge in [0, 0.05) is 18.3 Å². The van der Waals surface area contributed by atoms with Gasteiger partial charge in [0.1, 0.15) is 5.78 Å². The predicted molar refractivity (Wildman–Crippen MR) is 56.7 cm³/mol. The first-order chi connectivity index (χ1) is 6.59. The number of allylic oxidation sites excluding steroid dienone is 1. The largest absolute Gasteiger partial charge is 0.396 e. The molecular weight excluding hydrogens is 178 g/mol. The normalized spacial score (nSPS) is 9.50. The molecule has 14 heavy (non-hydrogen) atoms. The highest BCUT2D eigenvalue weighted by atomic mass is 16.1. The summed E-state index contributed by atoms with van der Waals surface area (Å²) in [4.78, 5) is 14.8. The van der Waals surface area contributed by atoms with Gasteiger partial charge in [-0.3, -0.25) is 4.79 Å². The molecule has 0 aliphatic carbocycles. The number of nitrogens with zero attached hydrogens (tertiary/aromatic N) is 1. The molecule has 0 aromatic carbocycles. The smallest absolute Gasteiger partial charge is 0.153 e. The Morgan fingerprint density at radius 1 is 1.71 bits per heavy atom. The molecule has 0 atom stereocenters. The number of aromatic nitrogens is 1. The van der Waals surface area contributed by atoms with Crippen molar-refractivity contribution in [1.82, 2.24) is 4.98 Å². The molecule has 0 saturated heterocycles. The van der Waals surface area contributed by atoms with Crippen molar-refractivity contribution in [2.75, 3.05) is 11.1 Å². The maximum atomic E-state index is 10.8. The third-order valence-electron chi connectivity index (χ3n) is 1.60. The maximum Gasteiger partial charge on any atom is 0.153 e. The number of carbonyl (C=O) groups excluding carboxylic acids is 1. The minimum atomic E-state index is 0.0528. The number of ketones is 1. The lowest BCUT2D eigenvalue weighted by atomic mass is 10.2. The fraction of sp³-hybridized carbons (Fsp3) is 0.200. The number of nitrogens with two attached hydrogens (primary N) is 1. The number of hydrogen-bond donors (Lipinski definition) is 2. The van der Waals surface area contributed by atoms with Crippen LogP contribution in [-0.2, 0) is 4.79 Å². The van der Waals surface area contributed by atoms with Crippen LogP contribution in [0.25, 0.3) is 0 Å². The standard InChI is InChI=1S/C10H13N3O/c1-7(6-8(2)14)13-10-9(11)4-3-5-12-10/h3-5H,1,6,11H2,2H3,(H,12,13). The molecule has 0 amide bonds. The van der Waals surface area contributed by atoms with Gasteiger partial charge in [-0.1, -0.05) is 6.58 Å². The van der Waals surface area contributed by atoms with Crippen LogP contribution in [0, 0.1) is 0 Å². The van der Waals surface area contributed by atoms with Crippen molar-refractivity contribution in [3.8, 4) is 0 Å². The van der Waals surface area contributed by atoms with Crippen LogP contribution in [0.3, 0.4) is 0 Å². The van der Waals surface area contributed by atoms with Gasteiger partial charge in [0.05, 0.1) is 5.69 Å². The van der Waals surface area contributed by atoms with Gasteiger partial charge in [0.2, 0.25) is 0 Å². The highest BCUT2D eigenvalue weighted by Gasteiger charge is 2.02. The number of Topliss-reactive ketones (excluding diaryl/α,β-unsaturated/α-hetero) is 1. The van der Waals surface area contributed by atoms with Gasteiger partial charge in [-0.05, 0) is 19.1 Å². The lowest BCUT2D eigenvalue weighted by Gasteiger charge is -2.08. The SMILES string of the molecule is C=C(CC(C)=O)Nc1ncccc1N. The number of carbonyl (C=O) groups is 1. The third kappa shape index (κ3) is 2.90. The first-order valence-corrected chi connectivity index (χ1v) is 4.24. The molecule has 0 saturated carbocycles. The summed E-state index contributed by atoms with van der Waals surface area (Å²) in [5.41, 5.74) is 6.79. The number of nitrogens with one attached hydrogen (secondary N) is 1. The quantitative estimate of drug-likeness (QED) is 0.758. The molecule has 1 rings (SSSR count). The zero-order valence-corrected chi connectivity index (χ0v) is 8.08. The van der Waals surface area contributed by atoms with Gasteiger partial charge in [-0.25, -0.2) is 4.98 Å². The van der Waals surface area contributed by atoms with E-state index in [0.29, 0.717) is 17.2 Å². The van der Waals surface area contributed by atoms with Gasteiger partial charge in [0.15, 0.2) is 5.82 Å². The van der Waals surface area contributed by atoms with Crippen molar-refractivity contribution in [2.45, 2.75) is 13.3 Å². The van der Waals surface area contributed by atoms with E-state index in [1.54, 1.807) is 18.3 Å². The number of nitrogen functional groups attached to an aromatic ring is 1. The van der Waals surface area contributed by atoms with E-state index in [1.165, 1.54) is 6.92 Å². The zero-order chi connectivity index (χ0) is 10.6. The van der Waals surface area contributed by atoms with Crippen LogP contribution < -0.4 is 11.1 Å². The summed E-state index contributed by atoms with van der Waals surface area (Å²) in [5.74, 6) is 0.593. The Morgan fingerprint density at radius 3 is 3.00 bits per heavy atom. The number of rotatable bonds is 4. The Balaban J connectivity index is 2.65. The van der Waals surface area contributed by atoms with Crippen molar-refractivity contribution < 1.29 is 4.79 Å². The van der Waals surface area contributed by atoms with Gasteiger partial charge < -0.3 is 11.1 Å². The highest BCUT2D eigenvalue weighted by molar-refractivity contribution is 5.79. The number of anilines is 2. The van der Waals surface area contributed by atoms with Crippen LogP contribution in [0.2, 0.25) is 0 Å². The second-order valence-corrected chi connectivity index (χ2v) is 3.05. The molecule has 0 spiro atoms. The Labute approximate surface area is 82.8 Å². The van der Waals surface area contributed by atoms with Crippen molar-refractivity contribution in [3.05, 3.63) is 30.6 Å². The third-order valence-corrected chi connectivity index (χ3v) is 1.60. The Hall–Kier alpha value is -1.84. The molecule has 0 aliphatic rings. The molecule has 1 aromatic rings. The van der Waals surface area contributed by atoms with Crippen molar-refractivity contribution >= 4 is 17.3 Å². The predicted octanol–water partition coefficient (Wildman–Crippen LogP) is 1.57. The molecule has 0 unspecified atom stereocenters. The summed E-state index contributed by atoms with van der Waals surface area (Å²) in [6.45, 7) is 5.21. The van der Waals surface area contributed by atoms with Crippen LogP contribution in [0.5, 0.6) is 0 Å². The summed E-state index contributed by atoms with van der Waals surface area (Å²) in [6.07, 6.45) is 1.91. The van der Waals surface area contributed by atoms with Crippen LogP contribution in [-0.4, -0.2) is 10.8 Å². The fourth-order valence-corrected chi connectivity index (χ4v) is 1.03. The number of pyridine rings is 1. The molecule has 0 radical (unpaired) electrons. The van der Waals surface area contributed by atoms with E-state index in [1.807, 2.05) is 0 Å². The second-order valence-electron chi connectivity index (χ2n) is 3.05. The van der Waals surface area contributed by atoms with E-state index < -0.39 is 0 Å². The van der Waals surface area contributed by atoms with Gasteiger partial charge >= 0.3 is 0 Å². The first kappa shape index (κ1) is 10.2. The van der Waals surface area contributed by atoms with Crippen molar-refractivity contribution in [2.24, 2.45) is 0 Å². The van der Waals surface area contributed by atoms with E-state index in [2.05, 4.69) is 16.9 Å². The molecule has 1 aromatic heterocycles.